The van der Waals surface area contributed by atoms with Crippen LogP contribution in [0.4, 0.5) is 5.69 Å². The minimum atomic E-state index is -3.65. The number of aromatic nitrogens is 1. The molecule has 1 atom stereocenters. The van der Waals surface area contributed by atoms with Gasteiger partial charge in [0.1, 0.15) is 0 Å². The van der Waals surface area contributed by atoms with E-state index in [1.807, 2.05) is 0 Å². The minimum absolute atomic E-state index is 0.259. The first-order valence-electron chi connectivity index (χ1n) is 5.31. The van der Waals surface area contributed by atoms with Crippen LogP contribution < -0.4 is 4.72 Å². The molecule has 94 valence electrons. The monoisotopic (exact) mass is 281 g/mol. The van der Waals surface area contributed by atoms with Crippen molar-refractivity contribution < 1.29 is 8.42 Å². The number of hydrogen-bond acceptors (Lipinski definition) is 5. The van der Waals surface area contributed by atoms with Gasteiger partial charge >= 0.3 is 0 Å². The fourth-order valence-electron chi connectivity index (χ4n) is 1.53. The molecule has 0 bridgehead atoms. The summed E-state index contributed by atoms with van der Waals surface area (Å²) in [7, 11) is -3.65. The van der Waals surface area contributed by atoms with Crippen LogP contribution in [0.5, 0.6) is 0 Å². The Morgan fingerprint density at radius 3 is 3.00 bits per heavy atom. The van der Waals surface area contributed by atoms with E-state index in [9.17, 15) is 8.42 Å². The van der Waals surface area contributed by atoms with Gasteiger partial charge in [0, 0.05) is 0 Å². The summed E-state index contributed by atoms with van der Waals surface area (Å²) in [4.78, 5) is 4.11. The molecule has 0 saturated carbocycles. The van der Waals surface area contributed by atoms with Crippen LogP contribution in [0.15, 0.2) is 23.7 Å². The molecule has 1 N–H and O–H groups in total. The van der Waals surface area contributed by atoms with Crippen LogP contribution in [-0.4, -0.2) is 18.7 Å². The minimum Gasteiger partial charge on any atom is -0.282 e. The third kappa shape index (κ3) is 2.44. The van der Waals surface area contributed by atoms with Crippen LogP contribution in [-0.2, 0) is 10.0 Å². The van der Waals surface area contributed by atoms with Crippen LogP contribution in [0, 0.1) is 11.3 Å². The Hall–Kier alpha value is -1.65. The van der Waals surface area contributed by atoms with E-state index in [0.29, 0.717) is 5.69 Å². The van der Waals surface area contributed by atoms with Crippen LogP contribution in [0.3, 0.4) is 0 Å². The summed E-state index contributed by atoms with van der Waals surface area (Å²) < 4.78 is 27.1. The van der Waals surface area contributed by atoms with Crippen LogP contribution in [0.25, 0.3) is 10.2 Å². The molecule has 1 unspecified atom stereocenters. The van der Waals surface area contributed by atoms with Crippen molar-refractivity contribution in [2.45, 2.75) is 18.6 Å². The fourth-order valence-corrected chi connectivity index (χ4v) is 3.43. The zero-order valence-electron chi connectivity index (χ0n) is 9.62. The van der Waals surface area contributed by atoms with Crippen LogP contribution in [0.1, 0.15) is 13.3 Å². The van der Waals surface area contributed by atoms with Crippen molar-refractivity contribution in [2.75, 3.05) is 4.72 Å². The van der Waals surface area contributed by atoms with Gasteiger partial charge in [-0.3, -0.25) is 4.72 Å². The van der Waals surface area contributed by atoms with Gasteiger partial charge in [0.25, 0.3) is 0 Å². The summed E-state index contributed by atoms with van der Waals surface area (Å²) in [5.74, 6) is 0. The van der Waals surface area contributed by atoms with Gasteiger partial charge in [0.05, 0.1) is 27.5 Å². The first-order chi connectivity index (χ1) is 8.56. The van der Waals surface area contributed by atoms with Gasteiger partial charge in [0.15, 0.2) is 5.25 Å². The molecule has 1 aromatic heterocycles. The predicted octanol–water partition coefficient (Wildman–Crippen LogP) is 2.34. The largest absolute Gasteiger partial charge is 0.282 e. The molecule has 5 nitrogen and oxygen atoms in total. The number of nitrogens with zero attached hydrogens (tertiary/aromatic N) is 2. The molecular formula is C11H11N3O2S2. The second-order valence-corrected chi connectivity index (χ2v) is 6.46. The summed E-state index contributed by atoms with van der Waals surface area (Å²) >= 11 is 1.44. The molecule has 0 radical (unpaired) electrons. The predicted molar refractivity (Wildman–Crippen MR) is 71.9 cm³/mol. The van der Waals surface area contributed by atoms with E-state index in [0.717, 1.165) is 10.2 Å². The topological polar surface area (TPSA) is 82.8 Å². The number of hydrogen-bond donors (Lipinski definition) is 1. The Morgan fingerprint density at radius 2 is 2.33 bits per heavy atom. The molecule has 1 heterocycles. The molecule has 0 amide bonds. The molecule has 7 heteroatoms. The maximum Gasteiger partial charge on any atom is 0.249 e. The van der Waals surface area contributed by atoms with Crippen molar-refractivity contribution >= 4 is 37.3 Å². The first-order valence-corrected chi connectivity index (χ1v) is 7.74. The molecule has 0 fully saturated rings. The highest BCUT2D eigenvalue weighted by Gasteiger charge is 2.23. The maximum atomic E-state index is 11.9. The van der Waals surface area contributed by atoms with E-state index in [4.69, 9.17) is 5.26 Å². The molecule has 0 aliphatic rings. The molecule has 1 aromatic carbocycles. The summed E-state index contributed by atoms with van der Waals surface area (Å²) in [6.45, 7) is 1.67. The molecule has 2 rings (SSSR count). The van der Waals surface area contributed by atoms with E-state index in [1.54, 1.807) is 36.7 Å². The number of anilines is 1. The third-order valence-electron chi connectivity index (χ3n) is 2.48. The summed E-state index contributed by atoms with van der Waals surface area (Å²) in [6, 6.07) is 6.89. The Balaban J connectivity index is 2.31. The van der Waals surface area contributed by atoms with Gasteiger partial charge in [-0.2, -0.15) is 5.26 Å². The molecular weight excluding hydrogens is 270 g/mol. The summed E-state index contributed by atoms with van der Waals surface area (Å²) in [5, 5.41) is 7.77. The maximum absolute atomic E-state index is 11.9. The van der Waals surface area contributed by atoms with E-state index < -0.39 is 15.3 Å². The lowest BCUT2D eigenvalue weighted by Gasteiger charge is -2.10. The van der Waals surface area contributed by atoms with E-state index in [-0.39, 0.29) is 6.42 Å². The quantitative estimate of drug-likeness (QED) is 0.932. The Kier molecular flexibility index (Phi) is 3.50. The lowest BCUT2D eigenvalue weighted by atomic mass is 10.3. The zero-order chi connectivity index (χ0) is 13.2. The van der Waals surface area contributed by atoms with E-state index in [2.05, 4.69) is 9.71 Å². The average Bonchev–Trinajstić information content (AvgIpc) is 2.76. The van der Waals surface area contributed by atoms with Gasteiger partial charge in [-0.15, -0.1) is 11.3 Å². The highest BCUT2D eigenvalue weighted by Crippen LogP contribution is 2.23. The van der Waals surface area contributed by atoms with Crippen molar-refractivity contribution in [3.8, 4) is 6.07 Å². The molecule has 0 spiro atoms. The Morgan fingerprint density at radius 1 is 1.56 bits per heavy atom. The second-order valence-electron chi connectivity index (χ2n) is 3.71. The second kappa shape index (κ2) is 4.92. The fraction of sp³-hybridized carbons (Fsp3) is 0.273. The van der Waals surface area contributed by atoms with Gasteiger partial charge in [0.2, 0.25) is 10.0 Å². The van der Waals surface area contributed by atoms with Gasteiger partial charge < -0.3 is 0 Å². The number of thiazole rings is 1. The first kappa shape index (κ1) is 12.8. The van der Waals surface area contributed by atoms with Crippen molar-refractivity contribution in [1.82, 2.24) is 4.98 Å². The van der Waals surface area contributed by atoms with Crippen molar-refractivity contribution in [1.29, 1.82) is 5.26 Å². The SMILES string of the molecule is CCC(C#N)S(=O)(=O)Nc1ccc2ncsc2c1. The van der Waals surface area contributed by atoms with Gasteiger partial charge in [-0.1, -0.05) is 6.92 Å². The molecule has 2 aromatic rings. The summed E-state index contributed by atoms with van der Waals surface area (Å²) in [6.07, 6.45) is 0.259. The normalized spacial score (nSPS) is 13.1. The highest BCUT2D eigenvalue weighted by molar-refractivity contribution is 7.93. The van der Waals surface area contributed by atoms with Crippen molar-refractivity contribution in [2.24, 2.45) is 0 Å². The summed E-state index contributed by atoms with van der Waals surface area (Å²) in [5.41, 5.74) is 2.99. The number of rotatable bonds is 4. The number of fused-ring (bicyclic) bond motifs is 1. The molecule has 0 aliphatic carbocycles. The van der Waals surface area contributed by atoms with Gasteiger partial charge in [-0.25, -0.2) is 13.4 Å². The molecule has 18 heavy (non-hydrogen) atoms. The standard InChI is InChI=1S/C11H11N3O2S2/c1-2-9(6-12)18(15,16)14-8-3-4-10-11(5-8)17-7-13-10/h3-5,7,9,14H,2H2,1H3. The van der Waals surface area contributed by atoms with Crippen molar-refractivity contribution in [3.05, 3.63) is 23.7 Å². The third-order valence-corrected chi connectivity index (χ3v) is 4.98. The Labute approximate surface area is 109 Å². The van der Waals surface area contributed by atoms with Crippen LogP contribution in [0.2, 0.25) is 0 Å². The smallest absolute Gasteiger partial charge is 0.249 e. The molecule has 0 saturated heterocycles. The number of sulfonamides is 1. The number of benzene rings is 1. The lowest BCUT2D eigenvalue weighted by Crippen LogP contribution is -2.25. The Bertz CT molecular complexity index is 700. The lowest BCUT2D eigenvalue weighted by molar-refractivity contribution is 0.593. The van der Waals surface area contributed by atoms with Gasteiger partial charge in [-0.05, 0) is 24.6 Å². The number of nitrogens with one attached hydrogen (secondary N) is 1. The highest BCUT2D eigenvalue weighted by atomic mass is 32.2. The van der Waals surface area contributed by atoms with E-state index in [1.165, 1.54) is 11.3 Å². The molecule has 0 aliphatic heterocycles. The zero-order valence-corrected chi connectivity index (χ0v) is 11.3. The number of nitriles is 1. The van der Waals surface area contributed by atoms with Crippen LogP contribution >= 0.6 is 11.3 Å². The van der Waals surface area contributed by atoms with E-state index >= 15 is 0 Å². The average molecular weight is 281 g/mol. The van der Waals surface area contributed by atoms with Crippen molar-refractivity contribution in [3.63, 3.8) is 0 Å².